The summed E-state index contributed by atoms with van der Waals surface area (Å²) in [5, 5.41) is 3.03. The lowest BCUT2D eigenvalue weighted by molar-refractivity contribution is -0.141. The molecule has 0 radical (unpaired) electrons. The van der Waals surface area contributed by atoms with Crippen LogP contribution in [-0.2, 0) is 29.0 Å². The Bertz CT molecular complexity index is 1100. The molecule has 5 heteroatoms. The fourth-order valence-corrected chi connectivity index (χ4v) is 3.90. The van der Waals surface area contributed by atoms with Gasteiger partial charge in [-0.1, -0.05) is 85.3 Å². The van der Waals surface area contributed by atoms with E-state index in [1.807, 2.05) is 75.4 Å². The Morgan fingerprint density at radius 1 is 0.941 bits per heavy atom. The average Bonchev–Trinajstić information content (AvgIpc) is 2.82. The zero-order valence-corrected chi connectivity index (χ0v) is 20.1. The van der Waals surface area contributed by atoms with Gasteiger partial charge in [0.05, 0.1) is 6.42 Å². The van der Waals surface area contributed by atoms with Gasteiger partial charge < -0.3 is 10.2 Å². The van der Waals surface area contributed by atoms with Crippen LogP contribution in [-0.4, -0.2) is 28.8 Å². The zero-order chi connectivity index (χ0) is 24.5. The van der Waals surface area contributed by atoms with Gasteiger partial charge in [0.1, 0.15) is 11.9 Å². The Labute approximate surface area is 201 Å². The van der Waals surface area contributed by atoms with Gasteiger partial charge in [-0.3, -0.25) is 9.59 Å². The fraction of sp³-hybridized carbons (Fsp3) is 0.310. The van der Waals surface area contributed by atoms with Crippen LogP contribution in [0.4, 0.5) is 4.39 Å². The Morgan fingerprint density at radius 2 is 1.62 bits per heavy atom. The quantitative estimate of drug-likeness (QED) is 0.450. The number of carbonyl (C=O) groups is 2. The third kappa shape index (κ3) is 7.01. The topological polar surface area (TPSA) is 49.4 Å². The summed E-state index contributed by atoms with van der Waals surface area (Å²) in [4.78, 5) is 28.6. The van der Waals surface area contributed by atoms with E-state index in [1.54, 1.807) is 18.2 Å². The number of nitrogens with one attached hydrogen (secondary N) is 1. The summed E-state index contributed by atoms with van der Waals surface area (Å²) >= 11 is 0. The van der Waals surface area contributed by atoms with E-state index < -0.39 is 11.9 Å². The van der Waals surface area contributed by atoms with Gasteiger partial charge >= 0.3 is 0 Å². The number of hydrogen-bond donors (Lipinski definition) is 1. The van der Waals surface area contributed by atoms with Crippen molar-refractivity contribution in [3.05, 3.63) is 107 Å². The lowest BCUT2D eigenvalue weighted by Crippen LogP contribution is -2.52. The fourth-order valence-electron chi connectivity index (χ4n) is 3.90. The molecule has 0 unspecified atom stereocenters. The van der Waals surface area contributed by atoms with Crippen LogP contribution in [0.1, 0.15) is 42.5 Å². The number of hydrogen-bond acceptors (Lipinski definition) is 2. The molecule has 3 aromatic carbocycles. The summed E-state index contributed by atoms with van der Waals surface area (Å²) < 4.78 is 14.6. The van der Waals surface area contributed by atoms with Gasteiger partial charge in [0.2, 0.25) is 11.8 Å². The molecular formula is C29H33FN2O2. The van der Waals surface area contributed by atoms with E-state index >= 15 is 0 Å². The summed E-state index contributed by atoms with van der Waals surface area (Å²) in [7, 11) is 0. The van der Waals surface area contributed by atoms with Crippen molar-refractivity contribution in [3.8, 4) is 0 Å². The molecule has 178 valence electrons. The molecule has 0 aliphatic heterocycles. The van der Waals surface area contributed by atoms with E-state index in [4.69, 9.17) is 0 Å². The Hall–Kier alpha value is -3.47. The maximum absolute atomic E-state index is 14.6. The van der Waals surface area contributed by atoms with Crippen LogP contribution in [0, 0.1) is 12.7 Å². The van der Waals surface area contributed by atoms with Crippen molar-refractivity contribution in [2.75, 3.05) is 0 Å². The lowest BCUT2D eigenvalue weighted by atomic mass is 10.0. The van der Waals surface area contributed by atoms with Gasteiger partial charge in [0.15, 0.2) is 0 Å². The summed E-state index contributed by atoms with van der Waals surface area (Å²) in [5.41, 5.74) is 3.24. The molecule has 1 N–H and O–H groups in total. The van der Waals surface area contributed by atoms with Gasteiger partial charge in [0, 0.05) is 24.6 Å². The van der Waals surface area contributed by atoms with Crippen LogP contribution in [0.25, 0.3) is 0 Å². The molecule has 0 spiro atoms. The van der Waals surface area contributed by atoms with Gasteiger partial charge in [-0.25, -0.2) is 4.39 Å². The van der Waals surface area contributed by atoms with Crippen molar-refractivity contribution in [1.82, 2.24) is 10.2 Å². The molecule has 2 amide bonds. The first-order valence-electron chi connectivity index (χ1n) is 11.8. The van der Waals surface area contributed by atoms with Crippen LogP contribution in [0.5, 0.6) is 0 Å². The number of rotatable bonds is 10. The highest BCUT2D eigenvalue weighted by molar-refractivity contribution is 5.89. The van der Waals surface area contributed by atoms with E-state index in [2.05, 4.69) is 5.32 Å². The molecule has 0 aromatic heterocycles. The Kier molecular flexibility index (Phi) is 8.97. The maximum Gasteiger partial charge on any atom is 0.243 e. The molecule has 0 bridgehead atoms. The average molecular weight is 461 g/mol. The Balaban J connectivity index is 1.98. The minimum absolute atomic E-state index is 0.0166. The molecule has 4 nitrogen and oxygen atoms in total. The molecule has 0 saturated carbocycles. The van der Waals surface area contributed by atoms with Gasteiger partial charge in [-0.15, -0.1) is 0 Å². The molecule has 34 heavy (non-hydrogen) atoms. The molecule has 0 aliphatic rings. The van der Waals surface area contributed by atoms with E-state index in [9.17, 15) is 14.0 Å². The molecular weight excluding hydrogens is 427 g/mol. The minimum Gasteiger partial charge on any atom is -0.352 e. The molecule has 0 aliphatic carbocycles. The largest absolute Gasteiger partial charge is 0.352 e. The number of benzene rings is 3. The number of halogens is 1. The predicted molar refractivity (Wildman–Crippen MR) is 134 cm³/mol. The SMILES string of the molecule is CC[C@@H](C)NC(=O)[C@@H](Cc1ccccc1)N(Cc1ccccc1F)C(=O)Cc1cccc(C)c1. The van der Waals surface area contributed by atoms with Crippen molar-refractivity contribution in [2.24, 2.45) is 0 Å². The van der Waals surface area contributed by atoms with Crippen LogP contribution < -0.4 is 5.32 Å². The molecule has 2 atom stereocenters. The minimum atomic E-state index is -0.770. The monoisotopic (exact) mass is 460 g/mol. The number of aryl methyl sites for hydroxylation is 1. The zero-order valence-electron chi connectivity index (χ0n) is 20.1. The molecule has 3 aromatic rings. The molecule has 0 heterocycles. The highest BCUT2D eigenvalue weighted by Gasteiger charge is 2.31. The molecule has 3 rings (SSSR count). The number of carbonyl (C=O) groups excluding carboxylic acids is 2. The van der Waals surface area contributed by atoms with E-state index in [-0.39, 0.29) is 30.8 Å². The normalized spacial score (nSPS) is 12.6. The third-order valence-electron chi connectivity index (χ3n) is 6.01. The second-order valence-corrected chi connectivity index (χ2v) is 8.80. The van der Waals surface area contributed by atoms with Gasteiger partial charge in [-0.2, -0.15) is 0 Å². The van der Waals surface area contributed by atoms with Crippen molar-refractivity contribution < 1.29 is 14.0 Å². The van der Waals surface area contributed by atoms with Crippen LogP contribution in [0.2, 0.25) is 0 Å². The van der Waals surface area contributed by atoms with Gasteiger partial charge in [0.25, 0.3) is 0 Å². The van der Waals surface area contributed by atoms with Crippen molar-refractivity contribution in [3.63, 3.8) is 0 Å². The first-order chi connectivity index (χ1) is 16.4. The number of amides is 2. The second-order valence-electron chi connectivity index (χ2n) is 8.80. The maximum atomic E-state index is 14.6. The summed E-state index contributed by atoms with van der Waals surface area (Å²) in [6.07, 6.45) is 1.25. The van der Waals surface area contributed by atoms with E-state index in [1.165, 1.54) is 11.0 Å². The standard InChI is InChI=1S/C29H33FN2O2/c1-4-22(3)31-29(34)27(18-23-12-6-5-7-13-23)32(20-25-15-8-9-16-26(25)30)28(33)19-24-14-10-11-21(2)17-24/h5-17,22,27H,4,18-20H2,1-3H3,(H,31,34)/t22-,27-/m1/s1. The first kappa shape index (κ1) is 25.2. The second kappa shape index (κ2) is 12.1. The highest BCUT2D eigenvalue weighted by Crippen LogP contribution is 2.19. The molecule has 0 saturated heterocycles. The summed E-state index contributed by atoms with van der Waals surface area (Å²) in [5.74, 6) is -0.835. The van der Waals surface area contributed by atoms with Crippen LogP contribution >= 0.6 is 0 Å². The smallest absolute Gasteiger partial charge is 0.243 e. The van der Waals surface area contributed by atoms with Gasteiger partial charge in [-0.05, 0) is 37.5 Å². The number of nitrogens with zero attached hydrogens (tertiary/aromatic N) is 1. The van der Waals surface area contributed by atoms with Crippen LogP contribution in [0.3, 0.4) is 0 Å². The lowest BCUT2D eigenvalue weighted by Gasteiger charge is -2.32. The molecule has 0 fully saturated rings. The van der Waals surface area contributed by atoms with Crippen molar-refractivity contribution in [2.45, 2.75) is 58.7 Å². The first-order valence-corrected chi connectivity index (χ1v) is 11.8. The Morgan fingerprint density at radius 3 is 2.29 bits per heavy atom. The van der Waals surface area contributed by atoms with Crippen LogP contribution in [0.15, 0.2) is 78.9 Å². The van der Waals surface area contributed by atoms with E-state index in [0.29, 0.717) is 12.0 Å². The summed E-state index contributed by atoms with van der Waals surface area (Å²) in [6, 6.07) is 23.0. The summed E-state index contributed by atoms with van der Waals surface area (Å²) in [6.45, 7) is 5.93. The van der Waals surface area contributed by atoms with E-state index in [0.717, 1.165) is 23.1 Å². The highest BCUT2D eigenvalue weighted by atomic mass is 19.1. The predicted octanol–water partition coefficient (Wildman–Crippen LogP) is 5.23. The third-order valence-corrected chi connectivity index (χ3v) is 6.01. The van der Waals surface area contributed by atoms with Crippen molar-refractivity contribution in [1.29, 1.82) is 0 Å². The van der Waals surface area contributed by atoms with Crippen molar-refractivity contribution >= 4 is 11.8 Å².